The topological polar surface area (TPSA) is 35.2 Å². The molecule has 0 aliphatic heterocycles. The molecule has 0 heterocycles. The molecule has 0 fully saturated rings. The molecule has 14 heavy (non-hydrogen) atoms. The van der Waals surface area contributed by atoms with Crippen molar-refractivity contribution in [3.63, 3.8) is 0 Å². The number of nitrogens with two attached hydrogens (primary N) is 1. The van der Waals surface area contributed by atoms with Crippen LogP contribution in [0.25, 0.3) is 0 Å². The molecular formula is C11H14ClNO. The van der Waals surface area contributed by atoms with E-state index in [1.165, 1.54) is 0 Å². The van der Waals surface area contributed by atoms with Gasteiger partial charge in [0.1, 0.15) is 5.75 Å². The first-order valence-electron chi connectivity index (χ1n) is 4.39. The van der Waals surface area contributed by atoms with E-state index in [-0.39, 0.29) is 6.04 Å². The molecule has 2 N–H and O–H groups in total. The third-order valence-electron chi connectivity index (χ3n) is 2.02. The molecule has 0 aliphatic carbocycles. The molecule has 1 atom stereocenters. The standard InChI is InChI=1S/C11H14ClNO/c1-3-4-10(13)8-5-6-9(12)11(7-8)14-2/h3,5-7,10H,1,4,13H2,2H3. The first kappa shape index (κ1) is 11.1. The van der Waals surface area contributed by atoms with Crippen LogP contribution in [0.1, 0.15) is 18.0 Å². The van der Waals surface area contributed by atoms with Crippen molar-refractivity contribution >= 4 is 11.6 Å². The highest BCUT2D eigenvalue weighted by Crippen LogP contribution is 2.27. The van der Waals surface area contributed by atoms with Crippen LogP contribution in [0.4, 0.5) is 0 Å². The van der Waals surface area contributed by atoms with Crippen molar-refractivity contribution in [2.75, 3.05) is 7.11 Å². The van der Waals surface area contributed by atoms with Gasteiger partial charge in [0.2, 0.25) is 0 Å². The maximum Gasteiger partial charge on any atom is 0.137 e. The Balaban J connectivity index is 2.93. The second kappa shape index (κ2) is 5.03. The average Bonchev–Trinajstić information content (AvgIpc) is 2.19. The van der Waals surface area contributed by atoms with Gasteiger partial charge in [0.25, 0.3) is 0 Å². The fourth-order valence-electron chi connectivity index (χ4n) is 1.22. The van der Waals surface area contributed by atoms with E-state index in [0.29, 0.717) is 10.8 Å². The molecule has 0 bridgehead atoms. The summed E-state index contributed by atoms with van der Waals surface area (Å²) in [5, 5.41) is 0.599. The Hall–Kier alpha value is -0.990. The largest absolute Gasteiger partial charge is 0.495 e. The first-order chi connectivity index (χ1) is 6.69. The summed E-state index contributed by atoms with van der Waals surface area (Å²) in [6.07, 6.45) is 2.54. The van der Waals surface area contributed by atoms with Gasteiger partial charge in [-0.2, -0.15) is 0 Å². The van der Waals surface area contributed by atoms with Crippen LogP contribution in [0.3, 0.4) is 0 Å². The summed E-state index contributed by atoms with van der Waals surface area (Å²) in [4.78, 5) is 0. The monoisotopic (exact) mass is 211 g/mol. The summed E-state index contributed by atoms with van der Waals surface area (Å²) in [6, 6.07) is 5.51. The van der Waals surface area contributed by atoms with E-state index in [1.807, 2.05) is 12.1 Å². The predicted molar refractivity (Wildman–Crippen MR) is 59.7 cm³/mol. The molecule has 3 heteroatoms. The summed E-state index contributed by atoms with van der Waals surface area (Å²) in [7, 11) is 1.59. The zero-order chi connectivity index (χ0) is 10.6. The van der Waals surface area contributed by atoms with Crippen LogP contribution in [0.5, 0.6) is 5.75 Å². The molecular weight excluding hydrogens is 198 g/mol. The van der Waals surface area contributed by atoms with Crippen LogP contribution < -0.4 is 10.5 Å². The van der Waals surface area contributed by atoms with Crippen molar-refractivity contribution in [2.24, 2.45) is 5.73 Å². The summed E-state index contributed by atoms with van der Waals surface area (Å²) in [5.41, 5.74) is 6.91. The highest BCUT2D eigenvalue weighted by molar-refractivity contribution is 6.32. The molecule has 1 aromatic carbocycles. The molecule has 0 spiro atoms. The lowest BCUT2D eigenvalue weighted by Gasteiger charge is -2.11. The maximum atomic E-state index is 5.91. The number of hydrogen-bond donors (Lipinski definition) is 1. The summed E-state index contributed by atoms with van der Waals surface area (Å²) in [6.45, 7) is 3.65. The molecule has 0 radical (unpaired) electrons. The van der Waals surface area contributed by atoms with Gasteiger partial charge in [-0.25, -0.2) is 0 Å². The fraction of sp³-hybridized carbons (Fsp3) is 0.273. The maximum absolute atomic E-state index is 5.91. The third-order valence-corrected chi connectivity index (χ3v) is 2.34. The number of methoxy groups -OCH3 is 1. The molecule has 76 valence electrons. The SMILES string of the molecule is C=CCC(N)c1ccc(Cl)c(OC)c1. The molecule has 1 unspecified atom stereocenters. The third kappa shape index (κ3) is 2.50. The van der Waals surface area contributed by atoms with Crippen molar-refractivity contribution in [1.82, 2.24) is 0 Å². The number of hydrogen-bond acceptors (Lipinski definition) is 2. The number of benzene rings is 1. The van der Waals surface area contributed by atoms with Crippen molar-refractivity contribution in [3.8, 4) is 5.75 Å². The van der Waals surface area contributed by atoms with Crippen molar-refractivity contribution in [3.05, 3.63) is 41.4 Å². The molecule has 0 amide bonds. The quantitative estimate of drug-likeness (QED) is 0.778. The zero-order valence-corrected chi connectivity index (χ0v) is 8.92. The molecule has 2 nitrogen and oxygen atoms in total. The highest BCUT2D eigenvalue weighted by Gasteiger charge is 2.07. The number of ether oxygens (including phenoxy) is 1. The van der Waals surface area contributed by atoms with E-state index in [1.54, 1.807) is 19.3 Å². The van der Waals surface area contributed by atoms with Crippen LogP contribution >= 0.6 is 11.6 Å². The summed E-state index contributed by atoms with van der Waals surface area (Å²) in [5.74, 6) is 0.656. The van der Waals surface area contributed by atoms with Gasteiger partial charge in [-0.1, -0.05) is 23.7 Å². The highest BCUT2D eigenvalue weighted by atomic mass is 35.5. The van der Waals surface area contributed by atoms with Crippen molar-refractivity contribution < 1.29 is 4.74 Å². The Morgan fingerprint density at radius 1 is 1.64 bits per heavy atom. The second-order valence-electron chi connectivity index (χ2n) is 3.02. The van der Waals surface area contributed by atoms with Crippen molar-refractivity contribution in [1.29, 1.82) is 0 Å². The van der Waals surface area contributed by atoms with E-state index < -0.39 is 0 Å². The predicted octanol–water partition coefficient (Wildman–Crippen LogP) is 2.92. The van der Waals surface area contributed by atoms with Crippen LogP contribution in [0.15, 0.2) is 30.9 Å². The zero-order valence-electron chi connectivity index (χ0n) is 8.16. The van der Waals surface area contributed by atoms with Crippen LogP contribution in [-0.2, 0) is 0 Å². The normalized spacial score (nSPS) is 12.2. The Kier molecular flexibility index (Phi) is 3.98. The lowest BCUT2D eigenvalue weighted by Crippen LogP contribution is -2.08. The van der Waals surface area contributed by atoms with Gasteiger partial charge in [0, 0.05) is 6.04 Å². The van der Waals surface area contributed by atoms with E-state index in [9.17, 15) is 0 Å². The first-order valence-corrected chi connectivity index (χ1v) is 4.76. The van der Waals surface area contributed by atoms with E-state index in [4.69, 9.17) is 22.1 Å². The number of rotatable bonds is 4. The molecule has 0 saturated carbocycles. The lowest BCUT2D eigenvalue weighted by molar-refractivity contribution is 0.414. The second-order valence-corrected chi connectivity index (χ2v) is 3.43. The summed E-state index contributed by atoms with van der Waals surface area (Å²) >= 11 is 5.89. The van der Waals surface area contributed by atoms with Gasteiger partial charge >= 0.3 is 0 Å². The molecule has 1 aromatic rings. The molecule has 0 saturated heterocycles. The van der Waals surface area contributed by atoms with E-state index >= 15 is 0 Å². The number of halogens is 1. The van der Waals surface area contributed by atoms with Gasteiger partial charge in [-0.3, -0.25) is 0 Å². The molecule has 0 aliphatic rings. The van der Waals surface area contributed by atoms with Gasteiger partial charge in [-0.05, 0) is 24.1 Å². The summed E-state index contributed by atoms with van der Waals surface area (Å²) < 4.78 is 5.10. The minimum atomic E-state index is -0.0429. The Labute approximate surface area is 89.3 Å². The lowest BCUT2D eigenvalue weighted by atomic mass is 10.0. The smallest absolute Gasteiger partial charge is 0.137 e. The Bertz CT molecular complexity index is 325. The van der Waals surface area contributed by atoms with Crippen molar-refractivity contribution in [2.45, 2.75) is 12.5 Å². The fourth-order valence-corrected chi connectivity index (χ4v) is 1.42. The van der Waals surface area contributed by atoms with E-state index in [2.05, 4.69) is 6.58 Å². The Morgan fingerprint density at radius 3 is 2.93 bits per heavy atom. The Morgan fingerprint density at radius 2 is 2.36 bits per heavy atom. The van der Waals surface area contributed by atoms with Crippen LogP contribution in [0.2, 0.25) is 5.02 Å². The van der Waals surface area contributed by atoms with Crippen LogP contribution in [-0.4, -0.2) is 7.11 Å². The van der Waals surface area contributed by atoms with Gasteiger partial charge < -0.3 is 10.5 Å². The van der Waals surface area contributed by atoms with Gasteiger partial charge in [0.05, 0.1) is 12.1 Å². The minimum absolute atomic E-state index is 0.0429. The van der Waals surface area contributed by atoms with Gasteiger partial charge in [-0.15, -0.1) is 6.58 Å². The van der Waals surface area contributed by atoms with E-state index in [0.717, 1.165) is 12.0 Å². The average molecular weight is 212 g/mol. The van der Waals surface area contributed by atoms with Crippen LogP contribution in [0, 0.1) is 0 Å². The molecule has 1 rings (SSSR count). The molecule has 0 aromatic heterocycles. The minimum Gasteiger partial charge on any atom is -0.495 e. The van der Waals surface area contributed by atoms with Gasteiger partial charge in [0.15, 0.2) is 0 Å².